The molecule has 1 fully saturated rings. The Morgan fingerprint density at radius 1 is 0.796 bits per heavy atom. The number of imidazole rings is 1. The van der Waals surface area contributed by atoms with Gasteiger partial charge >= 0.3 is 39.9 Å². The number of nitrogens with one attached hydrogen (secondary N) is 2. The second kappa shape index (κ2) is 23.8. The normalized spacial score (nSPS) is 15.5. The van der Waals surface area contributed by atoms with Crippen molar-refractivity contribution in [1.82, 2.24) is 39.9 Å². The van der Waals surface area contributed by atoms with Gasteiger partial charge in [0.1, 0.15) is 5.75 Å². The van der Waals surface area contributed by atoms with Crippen molar-refractivity contribution in [2.24, 2.45) is 0 Å². The number of amides is 1. The Bertz CT molecular complexity index is 1650. The number of aliphatic carboxylic acids is 3. The fourth-order valence-corrected chi connectivity index (χ4v) is 6.84. The summed E-state index contributed by atoms with van der Waals surface area (Å²) < 4.78 is 5.98. The first-order valence-electron chi connectivity index (χ1n) is 17.9. The van der Waals surface area contributed by atoms with Crippen LogP contribution in [0.5, 0.6) is 5.75 Å². The number of benzene rings is 1. The summed E-state index contributed by atoms with van der Waals surface area (Å²) in [6, 6.07) is 7.80. The molecule has 1 saturated heterocycles. The summed E-state index contributed by atoms with van der Waals surface area (Å²) in [6.45, 7) is 6.39. The number of H-pyrrole nitrogens is 1. The summed E-state index contributed by atoms with van der Waals surface area (Å²) in [4.78, 5) is 66.2. The van der Waals surface area contributed by atoms with Crippen LogP contribution in [0.4, 0.5) is 0 Å². The first-order valence-corrected chi connectivity index (χ1v) is 18.9. The van der Waals surface area contributed by atoms with Gasteiger partial charge < -0.3 is 44.7 Å². The van der Waals surface area contributed by atoms with Gasteiger partial charge in [0.25, 0.3) is 0 Å². The van der Waals surface area contributed by atoms with Crippen LogP contribution >= 0.6 is 11.8 Å². The number of aromatic nitrogens is 3. The van der Waals surface area contributed by atoms with Crippen molar-refractivity contribution >= 4 is 46.6 Å². The van der Waals surface area contributed by atoms with Gasteiger partial charge in [-0.15, -0.1) is 0 Å². The number of ether oxygens (including phenoxy) is 1. The van der Waals surface area contributed by atoms with Crippen molar-refractivity contribution in [3.8, 4) is 5.75 Å². The number of thioether (sulfide) groups is 1. The SMILES string of the molecule is Cc1ccnc(CSc2nc3ccc(OCCCCCNC(=O)CN4CCN(CC(=O)[O-])CCN(CC(=O)[O-])CCN(CC(=O)[O-])CC4)cc3[nH]2)c1C.[Gd+3]. The van der Waals surface area contributed by atoms with Crippen LogP contribution in [0.2, 0.25) is 0 Å². The fourth-order valence-electron chi connectivity index (χ4n) is 5.93. The van der Waals surface area contributed by atoms with E-state index in [1.165, 1.54) is 11.1 Å². The second-order valence-electron chi connectivity index (χ2n) is 13.2. The summed E-state index contributed by atoms with van der Waals surface area (Å²) in [6.07, 6.45) is 4.23. The predicted molar refractivity (Wildman–Crippen MR) is 193 cm³/mol. The quantitative estimate of drug-likeness (QED) is 0.104. The molecule has 0 aliphatic carbocycles. The van der Waals surface area contributed by atoms with Crippen LogP contribution in [-0.4, -0.2) is 150 Å². The number of carboxylic acid groups (broad SMARTS) is 3. The number of carbonyl (C=O) groups is 4. The minimum atomic E-state index is -1.28. The van der Waals surface area contributed by atoms with Gasteiger partial charge in [0, 0.05) is 96.6 Å². The molecule has 295 valence electrons. The van der Waals surface area contributed by atoms with E-state index in [0.29, 0.717) is 39.3 Å². The zero-order chi connectivity index (χ0) is 38.2. The molecule has 1 amide bonds. The van der Waals surface area contributed by atoms with Crippen LogP contribution in [0.25, 0.3) is 11.0 Å². The smallest absolute Gasteiger partial charge is 0.549 e. The molecule has 0 saturated carbocycles. The molecule has 54 heavy (non-hydrogen) atoms. The maximum Gasteiger partial charge on any atom is 3.00 e. The van der Waals surface area contributed by atoms with Crippen molar-refractivity contribution in [3.05, 3.63) is 47.3 Å². The van der Waals surface area contributed by atoms with E-state index in [2.05, 4.69) is 34.1 Å². The molecule has 0 atom stereocenters. The minimum absolute atomic E-state index is 0. The monoisotopic (exact) mass is 911 g/mol. The van der Waals surface area contributed by atoms with Crippen molar-refractivity contribution < 1.29 is 79.2 Å². The van der Waals surface area contributed by atoms with Crippen molar-refractivity contribution in [1.29, 1.82) is 0 Å². The minimum Gasteiger partial charge on any atom is -0.549 e. The van der Waals surface area contributed by atoms with Crippen LogP contribution in [-0.2, 0) is 24.9 Å². The summed E-state index contributed by atoms with van der Waals surface area (Å²) in [5, 5.41) is 37.8. The van der Waals surface area contributed by atoms with E-state index in [4.69, 9.17) is 4.74 Å². The third kappa shape index (κ3) is 16.4. The van der Waals surface area contributed by atoms with Crippen molar-refractivity contribution in [3.63, 3.8) is 0 Å². The number of hydrogen-bond acceptors (Lipinski definition) is 15. The largest absolute Gasteiger partial charge is 3.00 e. The van der Waals surface area contributed by atoms with Crippen LogP contribution in [0.3, 0.4) is 0 Å². The number of fused-ring (bicyclic) bond motifs is 1. The molecule has 1 aliphatic heterocycles. The number of hydrogen-bond donors (Lipinski definition) is 2. The van der Waals surface area contributed by atoms with Gasteiger partial charge in [0.2, 0.25) is 5.91 Å². The summed E-state index contributed by atoms with van der Waals surface area (Å²) in [5.74, 6) is -2.52. The Hall–Kier alpha value is -2.97. The predicted octanol–water partition coefficient (Wildman–Crippen LogP) is -2.00. The Morgan fingerprint density at radius 3 is 1.91 bits per heavy atom. The van der Waals surface area contributed by atoms with Crippen molar-refractivity contribution in [2.45, 2.75) is 44.0 Å². The molecule has 2 aromatic heterocycles. The van der Waals surface area contributed by atoms with Gasteiger partial charge in [-0.05, 0) is 62.4 Å². The first kappa shape index (κ1) is 45.4. The molecule has 1 aromatic carbocycles. The average Bonchev–Trinajstić information content (AvgIpc) is 3.51. The number of carbonyl (C=O) groups excluding carboxylic acids is 4. The van der Waals surface area contributed by atoms with Gasteiger partial charge in [0.05, 0.1) is 47.8 Å². The third-order valence-corrected chi connectivity index (χ3v) is 10.0. The van der Waals surface area contributed by atoms with Crippen LogP contribution < -0.4 is 25.4 Å². The molecule has 0 bridgehead atoms. The molecule has 18 heteroatoms. The number of unbranched alkanes of at least 4 members (excludes halogenated alkanes) is 2. The molecule has 2 N–H and O–H groups in total. The molecule has 3 heterocycles. The van der Waals surface area contributed by atoms with E-state index in [1.54, 1.807) is 26.5 Å². The molecule has 3 aromatic rings. The first-order chi connectivity index (χ1) is 25.4. The van der Waals surface area contributed by atoms with E-state index in [1.807, 2.05) is 35.4 Å². The molecule has 1 aliphatic rings. The van der Waals surface area contributed by atoms with Crippen LogP contribution in [0, 0.1) is 53.8 Å². The van der Waals surface area contributed by atoms with Gasteiger partial charge in [-0.1, -0.05) is 11.8 Å². The van der Waals surface area contributed by atoms with Gasteiger partial charge in [-0.2, -0.15) is 0 Å². The average molecular weight is 911 g/mol. The second-order valence-corrected chi connectivity index (χ2v) is 14.2. The van der Waals surface area contributed by atoms with Crippen molar-refractivity contribution in [2.75, 3.05) is 91.7 Å². The van der Waals surface area contributed by atoms with E-state index in [-0.39, 0.29) is 98.2 Å². The Balaban J connectivity index is 0.00000784. The number of carboxylic acids is 3. The molecule has 0 spiro atoms. The Morgan fingerprint density at radius 2 is 1.35 bits per heavy atom. The maximum atomic E-state index is 12.9. The molecule has 1 radical (unpaired) electrons. The zero-order valence-corrected chi connectivity index (χ0v) is 33.9. The molecule has 16 nitrogen and oxygen atoms in total. The van der Waals surface area contributed by atoms with E-state index in [0.717, 1.165) is 52.6 Å². The Kier molecular flexibility index (Phi) is 20.1. The van der Waals surface area contributed by atoms with Gasteiger partial charge in [0.15, 0.2) is 5.16 Å². The van der Waals surface area contributed by atoms with Crippen LogP contribution in [0.15, 0.2) is 35.6 Å². The number of aryl methyl sites for hydroxylation is 1. The summed E-state index contributed by atoms with van der Waals surface area (Å²) in [7, 11) is 0. The van der Waals surface area contributed by atoms with Gasteiger partial charge in [-0.25, -0.2) is 4.98 Å². The zero-order valence-electron chi connectivity index (χ0n) is 30.8. The number of rotatable bonds is 18. The standard InChI is InChI=1S/C36H52N8O8S.Gd/c1-26-8-10-37-31(27(26)2)25-53-36-39-29-7-6-28(20-30(29)40-36)52-19-5-3-4-9-38-32(45)21-41-11-13-42(22-33(46)47)15-17-44(24-35(50)51)18-16-43(14-12-41)23-34(48)49;/h6-8,10,20H,3-5,9,11-19,21-25H2,1-2H3,(H,38,45)(H,39,40)(H,46,47)(H,48,49)(H,50,51);/q;+3/p-3. The number of pyridine rings is 1. The van der Waals surface area contributed by atoms with Crippen LogP contribution in [0.1, 0.15) is 36.1 Å². The van der Waals surface area contributed by atoms with Gasteiger partial charge in [-0.3, -0.25) is 29.4 Å². The number of nitrogens with zero attached hydrogens (tertiary/aromatic N) is 6. The fraction of sp³-hybridized carbons (Fsp3) is 0.556. The molecule has 4 rings (SSSR count). The topological polar surface area (TPSA) is 213 Å². The molecular formula is C36H49GdN8O8S. The molecular weight excluding hydrogens is 862 g/mol. The number of aromatic amines is 1. The summed E-state index contributed by atoms with van der Waals surface area (Å²) in [5.41, 5.74) is 5.23. The third-order valence-electron chi connectivity index (χ3n) is 9.12. The summed E-state index contributed by atoms with van der Waals surface area (Å²) >= 11 is 1.61. The molecule has 0 unspecified atom stereocenters. The Labute approximate surface area is 352 Å². The van der Waals surface area contributed by atoms with E-state index >= 15 is 0 Å². The maximum absolute atomic E-state index is 12.9. The van der Waals surface area contributed by atoms with E-state index in [9.17, 15) is 34.5 Å². The van der Waals surface area contributed by atoms with E-state index < -0.39 is 17.9 Å².